The second-order valence-corrected chi connectivity index (χ2v) is 6.24. The molecule has 0 saturated carbocycles. The van der Waals surface area contributed by atoms with Gasteiger partial charge in [-0.3, -0.25) is 0 Å². The summed E-state index contributed by atoms with van der Waals surface area (Å²) >= 11 is 15.8. The molecule has 0 fully saturated rings. The van der Waals surface area contributed by atoms with Gasteiger partial charge in [0.05, 0.1) is 10.0 Å². The van der Waals surface area contributed by atoms with Gasteiger partial charge in [0.25, 0.3) is 0 Å². The van der Waals surface area contributed by atoms with E-state index in [1.807, 2.05) is 42.5 Å². The Kier molecular flexibility index (Phi) is 5.11. The van der Waals surface area contributed by atoms with E-state index in [0.29, 0.717) is 37.5 Å². The van der Waals surface area contributed by atoms with Crippen LogP contribution in [0.2, 0.25) is 10.0 Å². The summed E-state index contributed by atoms with van der Waals surface area (Å²) in [4.78, 5) is 0. The van der Waals surface area contributed by atoms with Crippen LogP contribution in [0.3, 0.4) is 0 Å². The molecule has 0 aromatic heterocycles. The minimum atomic E-state index is 0.539. The summed E-state index contributed by atoms with van der Waals surface area (Å²) < 4.78 is 12.4. The van der Waals surface area contributed by atoms with E-state index in [-0.39, 0.29) is 0 Å². The van der Waals surface area contributed by atoms with Gasteiger partial charge in [-0.1, -0.05) is 53.5 Å². The highest BCUT2D eigenvalue weighted by Gasteiger charge is 2.12. The lowest BCUT2D eigenvalue weighted by molar-refractivity contribution is 0.455. The van der Waals surface area contributed by atoms with Crippen LogP contribution in [0, 0.1) is 0 Å². The van der Waals surface area contributed by atoms with Gasteiger partial charge in [0.2, 0.25) is 0 Å². The molecule has 3 aromatic rings. The average Bonchev–Trinajstić information content (AvgIpc) is 2.55. The first-order valence-electron chi connectivity index (χ1n) is 6.78. The van der Waals surface area contributed by atoms with Crippen molar-refractivity contribution in [3.8, 4) is 23.0 Å². The molecular formula is C18H11BrCl2O2. The van der Waals surface area contributed by atoms with Gasteiger partial charge < -0.3 is 9.47 Å². The largest absolute Gasteiger partial charge is 0.454 e. The normalized spacial score (nSPS) is 10.4. The van der Waals surface area contributed by atoms with Crippen LogP contribution in [0.15, 0.2) is 71.2 Å². The maximum Gasteiger partial charge on any atom is 0.146 e. The molecule has 2 nitrogen and oxygen atoms in total. The fourth-order valence-electron chi connectivity index (χ4n) is 1.94. The lowest BCUT2D eigenvalue weighted by atomic mass is 10.3. The number of hydrogen-bond donors (Lipinski definition) is 0. The minimum Gasteiger partial charge on any atom is -0.454 e. The Hall–Kier alpha value is -1.68. The summed E-state index contributed by atoms with van der Waals surface area (Å²) in [6, 6.07) is 20.1. The molecule has 116 valence electrons. The van der Waals surface area contributed by atoms with Crippen molar-refractivity contribution in [2.75, 3.05) is 0 Å². The molecule has 0 atom stereocenters. The van der Waals surface area contributed by atoms with Crippen LogP contribution in [0.1, 0.15) is 0 Å². The van der Waals surface area contributed by atoms with E-state index in [2.05, 4.69) is 15.9 Å². The molecule has 0 radical (unpaired) electrons. The summed E-state index contributed by atoms with van der Waals surface area (Å²) in [5.41, 5.74) is 0. The summed E-state index contributed by atoms with van der Waals surface area (Å²) in [6.45, 7) is 0. The Bertz CT molecular complexity index is 771. The second-order valence-electron chi connectivity index (χ2n) is 4.63. The standard InChI is InChI=1S/C18H11BrCl2O2/c19-18-16(22-14-8-3-1-6-12(14)20)10-5-11-17(18)23-15-9-4-2-7-13(15)21/h1-11H. The van der Waals surface area contributed by atoms with E-state index in [1.54, 1.807) is 24.3 Å². The van der Waals surface area contributed by atoms with Gasteiger partial charge >= 0.3 is 0 Å². The number of halogens is 3. The van der Waals surface area contributed by atoms with Crippen molar-refractivity contribution in [1.82, 2.24) is 0 Å². The Morgan fingerprint density at radius 2 is 0.957 bits per heavy atom. The van der Waals surface area contributed by atoms with Crippen LogP contribution in [0.5, 0.6) is 23.0 Å². The number of rotatable bonds is 4. The van der Waals surface area contributed by atoms with Crippen LogP contribution >= 0.6 is 39.1 Å². The maximum atomic E-state index is 6.13. The molecule has 0 N–H and O–H groups in total. The first kappa shape index (κ1) is 16.2. The number of ether oxygens (including phenoxy) is 2. The van der Waals surface area contributed by atoms with E-state index in [0.717, 1.165) is 0 Å². The van der Waals surface area contributed by atoms with Crippen molar-refractivity contribution in [2.24, 2.45) is 0 Å². The van der Waals surface area contributed by atoms with E-state index in [4.69, 9.17) is 32.7 Å². The summed E-state index contributed by atoms with van der Waals surface area (Å²) in [5.74, 6) is 2.35. The monoisotopic (exact) mass is 408 g/mol. The molecule has 5 heteroatoms. The Labute approximate surface area is 152 Å². The molecule has 3 aromatic carbocycles. The Balaban J connectivity index is 1.90. The predicted molar refractivity (Wildman–Crippen MR) is 97.2 cm³/mol. The van der Waals surface area contributed by atoms with Crippen molar-refractivity contribution in [3.05, 3.63) is 81.2 Å². The molecule has 0 aliphatic carbocycles. The highest BCUT2D eigenvalue weighted by molar-refractivity contribution is 9.10. The fraction of sp³-hybridized carbons (Fsp3) is 0. The number of hydrogen-bond acceptors (Lipinski definition) is 2. The van der Waals surface area contributed by atoms with Crippen molar-refractivity contribution in [2.45, 2.75) is 0 Å². The highest BCUT2D eigenvalue weighted by atomic mass is 79.9. The van der Waals surface area contributed by atoms with Gasteiger partial charge in [-0.15, -0.1) is 0 Å². The van der Waals surface area contributed by atoms with Gasteiger partial charge in [0.15, 0.2) is 0 Å². The minimum absolute atomic E-state index is 0.539. The molecule has 0 spiro atoms. The van der Waals surface area contributed by atoms with E-state index >= 15 is 0 Å². The van der Waals surface area contributed by atoms with Gasteiger partial charge in [-0.05, 0) is 52.3 Å². The summed E-state index contributed by atoms with van der Waals surface area (Å²) in [7, 11) is 0. The van der Waals surface area contributed by atoms with Crippen LogP contribution in [-0.4, -0.2) is 0 Å². The lowest BCUT2D eigenvalue weighted by Crippen LogP contribution is -1.90. The van der Waals surface area contributed by atoms with Crippen molar-refractivity contribution >= 4 is 39.1 Å². The topological polar surface area (TPSA) is 18.5 Å². The Morgan fingerprint density at radius 3 is 1.39 bits per heavy atom. The van der Waals surface area contributed by atoms with Crippen molar-refractivity contribution < 1.29 is 9.47 Å². The van der Waals surface area contributed by atoms with Gasteiger partial charge in [-0.25, -0.2) is 0 Å². The van der Waals surface area contributed by atoms with E-state index in [1.165, 1.54) is 0 Å². The van der Waals surface area contributed by atoms with Gasteiger partial charge in [-0.2, -0.15) is 0 Å². The molecule has 0 saturated heterocycles. The smallest absolute Gasteiger partial charge is 0.146 e. The molecule has 0 amide bonds. The predicted octanol–water partition coefficient (Wildman–Crippen LogP) is 7.34. The highest BCUT2D eigenvalue weighted by Crippen LogP contribution is 2.41. The molecule has 0 bridgehead atoms. The molecule has 0 heterocycles. The van der Waals surface area contributed by atoms with Gasteiger partial charge in [0.1, 0.15) is 27.5 Å². The number of para-hydroxylation sites is 2. The first-order chi connectivity index (χ1) is 11.1. The van der Waals surface area contributed by atoms with Gasteiger partial charge in [0, 0.05) is 0 Å². The van der Waals surface area contributed by atoms with Crippen molar-refractivity contribution in [3.63, 3.8) is 0 Å². The molecular weight excluding hydrogens is 399 g/mol. The lowest BCUT2D eigenvalue weighted by Gasteiger charge is -2.13. The summed E-state index contributed by atoms with van der Waals surface area (Å²) in [5, 5.41) is 1.08. The SMILES string of the molecule is Clc1ccccc1Oc1cccc(Oc2ccccc2Cl)c1Br. The first-order valence-corrected chi connectivity index (χ1v) is 8.33. The van der Waals surface area contributed by atoms with Crippen LogP contribution in [-0.2, 0) is 0 Å². The third-order valence-electron chi connectivity index (χ3n) is 3.04. The van der Waals surface area contributed by atoms with Crippen molar-refractivity contribution in [1.29, 1.82) is 0 Å². The van der Waals surface area contributed by atoms with Crippen LogP contribution < -0.4 is 9.47 Å². The quantitative estimate of drug-likeness (QED) is 0.448. The maximum absolute atomic E-state index is 6.13. The molecule has 0 aliphatic heterocycles. The van der Waals surface area contributed by atoms with E-state index < -0.39 is 0 Å². The molecule has 23 heavy (non-hydrogen) atoms. The number of benzene rings is 3. The van der Waals surface area contributed by atoms with Crippen LogP contribution in [0.25, 0.3) is 0 Å². The van der Waals surface area contributed by atoms with E-state index in [9.17, 15) is 0 Å². The summed E-state index contributed by atoms with van der Waals surface area (Å²) in [6.07, 6.45) is 0. The third-order valence-corrected chi connectivity index (χ3v) is 4.45. The zero-order valence-corrected chi connectivity index (χ0v) is 14.9. The zero-order chi connectivity index (χ0) is 16.2. The molecule has 3 rings (SSSR count). The average molecular weight is 410 g/mol. The molecule has 0 unspecified atom stereocenters. The molecule has 0 aliphatic rings. The van der Waals surface area contributed by atoms with Crippen LogP contribution in [0.4, 0.5) is 0 Å². The second kappa shape index (κ2) is 7.26. The Morgan fingerprint density at radius 1 is 0.565 bits per heavy atom. The fourth-order valence-corrected chi connectivity index (χ4v) is 2.72. The third kappa shape index (κ3) is 3.81. The zero-order valence-electron chi connectivity index (χ0n) is 11.8.